The maximum Gasteiger partial charge on any atom is 0.251 e. The van der Waals surface area contributed by atoms with Crippen LogP contribution in [0.15, 0.2) is 24.3 Å². The van der Waals surface area contributed by atoms with Gasteiger partial charge in [0.2, 0.25) is 0 Å². The van der Waals surface area contributed by atoms with Gasteiger partial charge in [0, 0.05) is 24.7 Å². The van der Waals surface area contributed by atoms with Crippen LogP contribution < -0.4 is 10.6 Å². The van der Waals surface area contributed by atoms with Crippen molar-refractivity contribution in [2.75, 3.05) is 20.2 Å². The van der Waals surface area contributed by atoms with Gasteiger partial charge < -0.3 is 15.4 Å². The molecule has 2 N–H and O–H groups in total. The Morgan fingerprint density at radius 1 is 1.11 bits per heavy atom. The molecule has 1 aromatic rings. The lowest BCUT2D eigenvalue weighted by Gasteiger charge is -2.09. The number of ether oxygens (including phenoxy) is 1. The number of hydrogen-bond acceptors (Lipinski definition) is 3. The van der Waals surface area contributed by atoms with Gasteiger partial charge in [-0.2, -0.15) is 0 Å². The molecule has 5 heteroatoms. The molecule has 0 aliphatic carbocycles. The first-order chi connectivity index (χ1) is 9.04. The minimum Gasteiger partial charge on any atom is -0.377 e. The Labute approximate surface area is 113 Å². The summed E-state index contributed by atoms with van der Waals surface area (Å²) in [6.45, 7) is 4.84. The monoisotopic (exact) mass is 264 g/mol. The average Bonchev–Trinajstić information content (AvgIpc) is 2.42. The predicted molar refractivity (Wildman–Crippen MR) is 73.3 cm³/mol. The molecule has 0 spiro atoms. The van der Waals surface area contributed by atoms with Gasteiger partial charge in [0.05, 0.1) is 12.7 Å². The van der Waals surface area contributed by atoms with E-state index in [1.165, 1.54) is 0 Å². The second kappa shape index (κ2) is 7.53. The molecule has 0 heterocycles. The lowest BCUT2D eigenvalue weighted by molar-refractivity contribution is 0.0746. The van der Waals surface area contributed by atoms with E-state index in [1.54, 1.807) is 31.3 Å². The number of nitrogens with one attached hydrogen (secondary N) is 2. The maximum absolute atomic E-state index is 11.8. The molecule has 104 valence electrons. The van der Waals surface area contributed by atoms with Crippen molar-refractivity contribution in [1.82, 2.24) is 10.6 Å². The van der Waals surface area contributed by atoms with Gasteiger partial charge in [0.15, 0.2) is 0 Å². The van der Waals surface area contributed by atoms with E-state index in [0.717, 1.165) is 0 Å². The average molecular weight is 264 g/mol. The molecule has 0 aromatic heterocycles. The molecule has 2 amide bonds. The Hall–Kier alpha value is -1.88. The van der Waals surface area contributed by atoms with Gasteiger partial charge in [-0.25, -0.2) is 0 Å². The zero-order valence-electron chi connectivity index (χ0n) is 11.5. The van der Waals surface area contributed by atoms with E-state index in [9.17, 15) is 9.59 Å². The molecule has 5 nitrogen and oxygen atoms in total. The van der Waals surface area contributed by atoms with Gasteiger partial charge >= 0.3 is 0 Å². The second-order valence-electron chi connectivity index (χ2n) is 4.33. The normalized spacial score (nSPS) is 10.3. The summed E-state index contributed by atoms with van der Waals surface area (Å²) in [5.74, 6) is -0.340. The quantitative estimate of drug-likeness (QED) is 0.759. The molecular weight excluding hydrogens is 244 g/mol. The molecule has 19 heavy (non-hydrogen) atoms. The van der Waals surface area contributed by atoms with E-state index < -0.39 is 0 Å². The molecule has 0 radical (unpaired) electrons. The Bertz CT molecular complexity index is 427. The topological polar surface area (TPSA) is 67.4 Å². The summed E-state index contributed by atoms with van der Waals surface area (Å²) in [6.07, 6.45) is 0.156. The Kier molecular flexibility index (Phi) is 6.02. The van der Waals surface area contributed by atoms with Crippen LogP contribution in [0.3, 0.4) is 0 Å². The van der Waals surface area contributed by atoms with Crippen molar-refractivity contribution in [2.45, 2.75) is 20.0 Å². The molecule has 0 saturated carbocycles. The summed E-state index contributed by atoms with van der Waals surface area (Å²) in [6, 6.07) is 6.50. The highest BCUT2D eigenvalue weighted by molar-refractivity contribution is 5.97. The summed E-state index contributed by atoms with van der Waals surface area (Å²) >= 11 is 0. The Morgan fingerprint density at radius 2 is 1.63 bits per heavy atom. The first-order valence-corrected chi connectivity index (χ1v) is 6.26. The van der Waals surface area contributed by atoms with Gasteiger partial charge in [0.1, 0.15) is 0 Å². The van der Waals surface area contributed by atoms with Crippen molar-refractivity contribution >= 4 is 11.8 Å². The zero-order valence-corrected chi connectivity index (χ0v) is 11.5. The van der Waals surface area contributed by atoms with Gasteiger partial charge in [-0.3, -0.25) is 9.59 Å². The number of amides is 2. The molecule has 0 atom stereocenters. The van der Waals surface area contributed by atoms with Crippen molar-refractivity contribution in [2.24, 2.45) is 0 Å². The van der Waals surface area contributed by atoms with Crippen LogP contribution in [-0.2, 0) is 4.74 Å². The highest BCUT2D eigenvalue weighted by Crippen LogP contribution is 2.04. The third kappa shape index (κ3) is 5.09. The van der Waals surface area contributed by atoms with E-state index in [-0.39, 0.29) is 17.9 Å². The van der Waals surface area contributed by atoms with Crippen LogP contribution in [-0.4, -0.2) is 38.1 Å². The largest absolute Gasteiger partial charge is 0.377 e. The number of benzene rings is 1. The molecule has 0 aliphatic heterocycles. The summed E-state index contributed by atoms with van der Waals surface area (Å²) in [4.78, 5) is 23.1. The molecular formula is C14H20N2O3. The summed E-state index contributed by atoms with van der Waals surface area (Å²) in [5.41, 5.74) is 1.05. The van der Waals surface area contributed by atoms with Crippen LogP contribution in [0.2, 0.25) is 0 Å². The molecule has 0 saturated heterocycles. The Balaban J connectivity index is 2.47. The lowest BCUT2D eigenvalue weighted by atomic mass is 10.1. The van der Waals surface area contributed by atoms with Crippen molar-refractivity contribution < 1.29 is 14.3 Å². The minimum absolute atomic E-state index is 0.156. The predicted octanol–water partition coefficient (Wildman–Crippen LogP) is 1.20. The van der Waals surface area contributed by atoms with E-state index in [1.807, 2.05) is 13.8 Å². The number of rotatable bonds is 6. The minimum atomic E-state index is -0.171. The third-order valence-electron chi connectivity index (χ3n) is 2.48. The summed E-state index contributed by atoms with van der Waals surface area (Å²) < 4.78 is 5.33. The highest BCUT2D eigenvalue weighted by Gasteiger charge is 2.07. The Morgan fingerprint density at radius 3 is 2.11 bits per heavy atom. The molecule has 0 bridgehead atoms. The molecule has 0 aliphatic rings. The van der Waals surface area contributed by atoms with Crippen molar-refractivity contribution in [3.8, 4) is 0 Å². The van der Waals surface area contributed by atoms with Crippen molar-refractivity contribution in [3.05, 3.63) is 35.4 Å². The standard InChI is InChI=1S/C14H20N2O3/c1-10(2)19-9-8-16-14(18)12-6-4-11(5-7-12)13(17)15-3/h4-7,10H,8-9H2,1-3H3,(H,15,17)(H,16,18). The first kappa shape index (κ1) is 15.2. The smallest absolute Gasteiger partial charge is 0.251 e. The maximum atomic E-state index is 11.8. The first-order valence-electron chi connectivity index (χ1n) is 6.26. The van der Waals surface area contributed by atoms with Crippen molar-refractivity contribution in [3.63, 3.8) is 0 Å². The molecule has 1 rings (SSSR count). The van der Waals surface area contributed by atoms with Crippen LogP contribution >= 0.6 is 0 Å². The summed E-state index contributed by atoms with van der Waals surface area (Å²) in [7, 11) is 1.57. The van der Waals surface area contributed by atoms with E-state index in [2.05, 4.69) is 10.6 Å². The lowest BCUT2D eigenvalue weighted by Crippen LogP contribution is -2.28. The van der Waals surface area contributed by atoms with Gasteiger partial charge in [-0.15, -0.1) is 0 Å². The number of carbonyl (C=O) groups excluding carboxylic acids is 2. The second-order valence-corrected chi connectivity index (χ2v) is 4.33. The van der Waals surface area contributed by atoms with Crippen LogP contribution in [0, 0.1) is 0 Å². The zero-order chi connectivity index (χ0) is 14.3. The van der Waals surface area contributed by atoms with Gasteiger partial charge in [0.25, 0.3) is 11.8 Å². The summed E-state index contributed by atoms with van der Waals surface area (Å²) in [5, 5.41) is 5.28. The van der Waals surface area contributed by atoms with Crippen LogP contribution in [0.5, 0.6) is 0 Å². The fourth-order valence-corrected chi connectivity index (χ4v) is 1.48. The highest BCUT2D eigenvalue weighted by atomic mass is 16.5. The number of hydrogen-bond donors (Lipinski definition) is 2. The van der Waals surface area contributed by atoms with Crippen LogP contribution in [0.1, 0.15) is 34.6 Å². The third-order valence-corrected chi connectivity index (χ3v) is 2.48. The van der Waals surface area contributed by atoms with E-state index in [4.69, 9.17) is 4.74 Å². The van der Waals surface area contributed by atoms with E-state index >= 15 is 0 Å². The molecule has 1 aromatic carbocycles. The number of carbonyl (C=O) groups is 2. The van der Waals surface area contributed by atoms with Gasteiger partial charge in [-0.05, 0) is 38.1 Å². The van der Waals surface area contributed by atoms with Crippen molar-refractivity contribution in [1.29, 1.82) is 0 Å². The van der Waals surface area contributed by atoms with Gasteiger partial charge in [-0.1, -0.05) is 0 Å². The van der Waals surface area contributed by atoms with E-state index in [0.29, 0.717) is 24.3 Å². The van der Waals surface area contributed by atoms with Crippen LogP contribution in [0.4, 0.5) is 0 Å². The fraction of sp³-hybridized carbons (Fsp3) is 0.429. The molecule has 0 unspecified atom stereocenters. The SMILES string of the molecule is CNC(=O)c1ccc(C(=O)NCCOC(C)C)cc1. The fourth-order valence-electron chi connectivity index (χ4n) is 1.48. The van der Waals surface area contributed by atoms with Crippen LogP contribution in [0.25, 0.3) is 0 Å². The molecule has 0 fully saturated rings.